The lowest BCUT2D eigenvalue weighted by Crippen LogP contribution is -2.46. The van der Waals surface area contributed by atoms with Gasteiger partial charge >= 0.3 is 0 Å². The highest BCUT2D eigenvalue weighted by Gasteiger charge is 2.37. The maximum atomic E-state index is 13.2. The summed E-state index contributed by atoms with van der Waals surface area (Å²) in [5.41, 5.74) is 8.83. The fourth-order valence-electron chi connectivity index (χ4n) is 5.27. The third-order valence-electron chi connectivity index (χ3n) is 7.70. The zero-order valence-corrected chi connectivity index (χ0v) is 23.2. The molecule has 1 aliphatic carbocycles. The molecule has 4 N–H and O–H groups in total. The molecule has 4 rings (SSSR count). The molecule has 6 nitrogen and oxygen atoms in total. The Morgan fingerprint density at radius 2 is 1.55 bits per heavy atom. The second kappa shape index (κ2) is 15.1. The largest absolute Gasteiger partial charge is 0.350 e. The molecule has 0 radical (unpaired) electrons. The van der Waals surface area contributed by atoms with Gasteiger partial charge < -0.3 is 16.4 Å². The Morgan fingerprint density at radius 3 is 2.30 bits per heavy atom. The van der Waals surface area contributed by atoms with Crippen LogP contribution in [-0.4, -0.2) is 30.2 Å². The minimum atomic E-state index is -0.647. The Morgan fingerprint density at radius 1 is 0.825 bits per heavy atom. The third-order valence-corrected chi connectivity index (χ3v) is 7.70. The topological polar surface area (TPSA) is 101 Å². The third kappa shape index (κ3) is 8.88. The van der Waals surface area contributed by atoms with E-state index in [0.717, 1.165) is 30.7 Å². The van der Waals surface area contributed by atoms with E-state index in [1.54, 1.807) is 24.3 Å². The van der Waals surface area contributed by atoms with Crippen LogP contribution >= 0.6 is 0 Å². The van der Waals surface area contributed by atoms with Crippen LogP contribution in [0.1, 0.15) is 89.1 Å². The summed E-state index contributed by atoms with van der Waals surface area (Å²) >= 11 is 0. The SMILES string of the molecule is NCCCC(=O)c1cccc(C(=O)N[C@@H](CCCCCC2CC2c2ccccc2)C(=O)NCc2ccccc2)c1. The summed E-state index contributed by atoms with van der Waals surface area (Å²) in [5, 5.41) is 5.92. The highest BCUT2D eigenvalue weighted by molar-refractivity contribution is 6.01. The molecule has 0 bridgehead atoms. The lowest BCUT2D eigenvalue weighted by atomic mass is 10.0. The Hall–Kier alpha value is -3.77. The highest BCUT2D eigenvalue weighted by Crippen LogP contribution is 2.50. The van der Waals surface area contributed by atoms with Gasteiger partial charge in [-0.3, -0.25) is 14.4 Å². The van der Waals surface area contributed by atoms with Crippen LogP contribution in [-0.2, 0) is 11.3 Å². The van der Waals surface area contributed by atoms with Crippen molar-refractivity contribution in [2.45, 2.75) is 69.9 Å². The summed E-state index contributed by atoms with van der Waals surface area (Å²) in [6.07, 6.45) is 6.96. The van der Waals surface area contributed by atoms with E-state index in [9.17, 15) is 14.4 Å². The van der Waals surface area contributed by atoms with Crippen LogP contribution in [0.15, 0.2) is 84.9 Å². The maximum Gasteiger partial charge on any atom is 0.251 e. The second-order valence-corrected chi connectivity index (χ2v) is 10.8. The first kappa shape index (κ1) is 29.2. The molecule has 0 saturated heterocycles. The molecule has 1 saturated carbocycles. The molecular weight excluding hydrogens is 498 g/mol. The van der Waals surface area contributed by atoms with Gasteiger partial charge in [0, 0.05) is 24.1 Å². The van der Waals surface area contributed by atoms with Crippen LogP contribution < -0.4 is 16.4 Å². The predicted molar refractivity (Wildman–Crippen MR) is 159 cm³/mol. The number of amides is 2. The average molecular weight is 540 g/mol. The number of nitrogens with two attached hydrogens (primary N) is 1. The second-order valence-electron chi connectivity index (χ2n) is 10.8. The van der Waals surface area contributed by atoms with Gasteiger partial charge in [0.1, 0.15) is 6.04 Å². The summed E-state index contributed by atoms with van der Waals surface area (Å²) in [5.74, 6) is 0.861. The van der Waals surface area contributed by atoms with Crippen molar-refractivity contribution in [1.82, 2.24) is 10.6 Å². The number of rotatable bonds is 16. The summed E-state index contributed by atoms with van der Waals surface area (Å²) < 4.78 is 0. The molecule has 3 aromatic rings. The van der Waals surface area contributed by atoms with Crippen LogP contribution in [0.3, 0.4) is 0 Å². The van der Waals surface area contributed by atoms with Crippen molar-refractivity contribution < 1.29 is 14.4 Å². The number of hydrogen-bond donors (Lipinski definition) is 3. The van der Waals surface area contributed by atoms with E-state index in [1.165, 1.54) is 18.4 Å². The first-order valence-electron chi connectivity index (χ1n) is 14.6. The lowest BCUT2D eigenvalue weighted by Gasteiger charge is -2.19. The Labute approximate surface area is 237 Å². The zero-order chi connectivity index (χ0) is 28.2. The molecule has 1 fully saturated rings. The molecule has 2 unspecified atom stereocenters. The zero-order valence-electron chi connectivity index (χ0n) is 23.2. The molecule has 3 atom stereocenters. The fourth-order valence-corrected chi connectivity index (χ4v) is 5.27. The number of hydrogen-bond acceptors (Lipinski definition) is 4. The Balaban J connectivity index is 1.30. The first-order valence-corrected chi connectivity index (χ1v) is 14.6. The van der Waals surface area contributed by atoms with Crippen molar-refractivity contribution in [3.63, 3.8) is 0 Å². The van der Waals surface area contributed by atoms with E-state index in [2.05, 4.69) is 41.0 Å². The van der Waals surface area contributed by atoms with Gasteiger partial charge in [0.2, 0.25) is 5.91 Å². The van der Waals surface area contributed by atoms with E-state index in [-0.39, 0.29) is 17.6 Å². The van der Waals surface area contributed by atoms with Gasteiger partial charge in [0.15, 0.2) is 5.78 Å². The molecular formula is C34H41N3O3. The summed E-state index contributed by atoms with van der Waals surface area (Å²) in [4.78, 5) is 38.8. The number of carbonyl (C=O) groups excluding carboxylic acids is 3. The maximum absolute atomic E-state index is 13.2. The van der Waals surface area contributed by atoms with Gasteiger partial charge in [0.25, 0.3) is 5.91 Å². The first-order chi connectivity index (χ1) is 19.5. The van der Waals surface area contributed by atoms with Crippen LogP contribution in [0.2, 0.25) is 0 Å². The van der Waals surface area contributed by atoms with E-state index < -0.39 is 6.04 Å². The number of unbranched alkanes of at least 4 members (excludes halogenated alkanes) is 2. The van der Waals surface area contributed by atoms with Crippen molar-refractivity contribution >= 4 is 17.6 Å². The van der Waals surface area contributed by atoms with Gasteiger partial charge in [-0.25, -0.2) is 0 Å². The van der Waals surface area contributed by atoms with Crippen molar-refractivity contribution in [3.05, 3.63) is 107 Å². The highest BCUT2D eigenvalue weighted by atomic mass is 16.2. The van der Waals surface area contributed by atoms with Crippen LogP contribution in [0.25, 0.3) is 0 Å². The van der Waals surface area contributed by atoms with Crippen molar-refractivity contribution in [1.29, 1.82) is 0 Å². The van der Waals surface area contributed by atoms with Crippen LogP contribution in [0, 0.1) is 5.92 Å². The Bertz CT molecular complexity index is 1250. The molecule has 210 valence electrons. The number of nitrogens with one attached hydrogen (secondary N) is 2. The van der Waals surface area contributed by atoms with Crippen molar-refractivity contribution in [2.75, 3.05) is 6.54 Å². The van der Waals surface area contributed by atoms with Crippen LogP contribution in [0.5, 0.6) is 0 Å². The molecule has 0 aliphatic heterocycles. The smallest absolute Gasteiger partial charge is 0.251 e. The molecule has 3 aromatic carbocycles. The monoisotopic (exact) mass is 539 g/mol. The van der Waals surface area contributed by atoms with E-state index in [4.69, 9.17) is 5.73 Å². The van der Waals surface area contributed by atoms with Gasteiger partial charge in [0.05, 0.1) is 0 Å². The summed E-state index contributed by atoms with van der Waals surface area (Å²) in [7, 11) is 0. The fraction of sp³-hybridized carbons (Fsp3) is 0.382. The molecule has 40 heavy (non-hydrogen) atoms. The van der Waals surface area contributed by atoms with Crippen molar-refractivity contribution in [3.8, 4) is 0 Å². The number of benzene rings is 3. The number of ketones is 1. The molecule has 0 spiro atoms. The lowest BCUT2D eigenvalue weighted by molar-refractivity contribution is -0.123. The standard InChI is InChI=1S/C34H41N3O3/c35-21-11-20-32(38)28-17-10-18-29(22-28)33(39)37-31(34(40)36-24-25-12-4-1-5-13-25)19-9-3-8-16-27-23-30(27)26-14-6-2-7-15-26/h1-2,4-7,10,12-15,17-18,22,27,30-31H,3,8-9,11,16,19-21,23-24,35H2,(H,36,40)(H,37,39)/t27?,30?,31-/m0/s1. The normalized spacial score (nSPS) is 16.6. The summed E-state index contributed by atoms with van der Waals surface area (Å²) in [6, 6.07) is 26.5. The van der Waals surface area contributed by atoms with Crippen molar-refractivity contribution in [2.24, 2.45) is 11.7 Å². The quantitative estimate of drug-likeness (QED) is 0.159. The molecule has 0 heterocycles. The predicted octanol–water partition coefficient (Wildman–Crippen LogP) is 5.78. The van der Waals surface area contributed by atoms with E-state index >= 15 is 0 Å². The molecule has 6 heteroatoms. The summed E-state index contributed by atoms with van der Waals surface area (Å²) in [6.45, 7) is 0.847. The van der Waals surface area contributed by atoms with Crippen LogP contribution in [0.4, 0.5) is 0 Å². The Kier molecular flexibility index (Phi) is 11.1. The minimum absolute atomic E-state index is 0.0394. The molecule has 1 aliphatic rings. The molecule has 0 aromatic heterocycles. The number of Topliss-reactive ketones (excluding diaryl/α,β-unsaturated/α-hetero) is 1. The van der Waals surface area contributed by atoms with Gasteiger partial charge in [-0.2, -0.15) is 0 Å². The van der Waals surface area contributed by atoms with Gasteiger partial charge in [-0.05, 0) is 67.3 Å². The van der Waals surface area contributed by atoms with Gasteiger partial charge in [-0.1, -0.05) is 92.1 Å². The van der Waals surface area contributed by atoms with Gasteiger partial charge in [-0.15, -0.1) is 0 Å². The average Bonchev–Trinajstić information content (AvgIpc) is 3.78. The number of carbonyl (C=O) groups is 3. The van der Waals surface area contributed by atoms with E-state index in [1.807, 2.05) is 30.3 Å². The van der Waals surface area contributed by atoms with E-state index in [0.29, 0.717) is 49.4 Å². The minimum Gasteiger partial charge on any atom is -0.350 e. The molecule has 2 amide bonds.